The van der Waals surface area contributed by atoms with Crippen molar-refractivity contribution in [3.8, 4) is 0 Å². The molecule has 16 heavy (non-hydrogen) atoms. The lowest BCUT2D eigenvalue weighted by atomic mass is 9.98. The molecule has 0 saturated carbocycles. The van der Waals surface area contributed by atoms with Crippen LogP contribution in [0, 0.1) is 5.92 Å². The second-order valence-corrected chi connectivity index (χ2v) is 4.21. The third-order valence-corrected chi connectivity index (χ3v) is 2.82. The van der Waals surface area contributed by atoms with Gasteiger partial charge in [0.2, 0.25) is 0 Å². The van der Waals surface area contributed by atoms with Gasteiger partial charge in [0.05, 0.1) is 12.0 Å². The molecular weight excluding hydrogens is 210 g/mol. The van der Waals surface area contributed by atoms with Crippen LogP contribution in [0.2, 0.25) is 0 Å². The van der Waals surface area contributed by atoms with Gasteiger partial charge in [-0.1, -0.05) is 0 Å². The summed E-state index contributed by atoms with van der Waals surface area (Å²) in [5.74, 6) is -1.07. The Kier molecular flexibility index (Phi) is 6.37. The zero-order valence-corrected chi connectivity index (χ0v) is 9.52. The average Bonchev–Trinajstić information content (AvgIpc) is 2.29. The minimum absolute atomic E-state index is 0.0176. The number of carbonyl (C=O) groups is 1. The maximum atomic E-state index is 10.8. The maximum Gasteiger partial charge on any atom is 0.307 e. The molecule has 94 valence electrons. The van der Waals surface area contributed by atoms with Crippen LogP contribution in [0.1, 0.15) is 25.7 Å². The van der Waals surface area contributed by atoms with Crippen LogP contribution >= 0.6 is 0 Å². The van der Waals surface area contributed by atoms with E-state index in [4.69, 9.17) is 14.9 Å². The molecule has 1 rings (SSSR count). The topological polar surface area (TPSA) is 78.8 Å². The number of piperidine rings is 1. The number of rotatable bonds is 7. The van der Waals surface area contributed by atoms with Gasteiger partial charge in [-0.25, -0.2) is 0 Å². The molecule has 0 spiro atoms. The lowest BCUT2D eigenvalue weighted by Crippen LogP contribution is -2.43. The fraction of sp³-hybridized carbons (Fsp3) is 0.909. The van der Waals surface area contributed by atoms with E-state index in [1.807, 2.05) is 0 Å². The lowest BCUT2D eigenvalue weighted by Gasteiger charge is -2.27. The van der Waals surface area contributed by atoms with E-state index in [1.54, 1.807) is 0 Å². The van der Waals surface area contributed by atoms with Crippen molar-refractivity contribution in [1.82, 2.24) is 5.32 Å². The molecule has 0 bridgehead atoms. The highest BCUT2D eigenvalue weighted by molar-refractivity contribution is 5.70. The molecule has 2 atom stereocenters. The summed E-state index contributed by atoms with van der Waals surface area (Å²) >= 11 is 0. The zero-order valence-electron chi connectivity index (χ0n) is 9.52. The fourth-order valence-corrected chi connectivity index (χ4v) is 1.86. The Hall–Kier alpha value is -0.650. The van der Waals surface area contributed by atoms with Gasteiger partial charge in [0.15, 0.2) is 0 Å². The second kappa shape index (κ2) is 7.60. The summed E-state index contributed by atoms with van der Waals surface area (Å²) in [7, 11) is 0. The minimum atomic E-state index is -0.749. The van der Waals surface area contributed by atoms with Crippen LogP contribution < -0.4 is 5.32 Å². The SMILES string of the molecule is O=C(O)C1CNCC(OCCCCCO)C1. The highest BCUT2D eigenvalue weighted by atomic mass is 16.5. The molecule has 1 saturated heterocycles. The molecule has 5 heteroatoms. The van der Waals surface area contributed by atoms with Crippen molar-refractivity contribution in [3.63, 3.8) is 0 Å². The number of carboxylic acids is 1. The van der Waals surface area contributed by atoms with Gasteiger partial charge in [0.25, 0.3) is 0 Å². The first-order valence-corrected chi connectivity index (χ1v) is 5.90. The van der Waals surface area contributed by atoms with Crippen LogP contribution in [0.15, 0.2) is 0 Å². The minimum Gasteiger partial charge on any atom is -0.481 e. The molecule has 0 aliphatic carbocycles. The van der Waals surface area contributed by atoms with Crippen LogP contribution in [-0.2, 0) is 9.53 Å². The van der Waals surface area contributed by atoms with E-state index >= 15 is 0 Å². The summed E-state index contributed by atoms with van der Waals surface area (Å²) in [6.45, 7) is 2.16. The molecule has 0 aromatic carbocycles. The zero-order chi connectivity index (χ0) is 11.8. The number of aliphatic hydroxyl groups excluding tert-OH is 1. The van der Waals surface area contributed by atoms with Gasteiger partial charge in [-0.05, 0) is 25.7 Å². The van der Waals surface area contributed by atoms with Crippen molar-refractivity contribution < 1.29 is 19.7 Å². The Morgan fingerprint density at radius 3 is 2.81 bits per heavy atom. The highest BCUT2D eigenvalue weighted by Crippen LogP contribution is 2.14. The smallest absolute Gasteiger partial charge is 0.307 e. The van der Waals surface area contributed by atoms with Crippen molar-refractivity contribution in [2.75, 3.05) is 26.3 Å². The molecule has 1 aliphatic rings. The molecule has 1 heterocycles. The quantitative estimate of drug-likeness (QED) is 0.547. The van der Waals surface area contributed by atoms with Gasteiger partial charge in [-0.3, -0.25) is 4.79 Å². The first-order valence-electron chi connectivity index (χ1n) is 5.90. The summed E-state index contributed by atoms with van der Waals surface area (Å²) in [4.78, 5) is 10.8. The number of nitrogens with one attached hydrogen (secondary N) is 1. The Balaban J connectivity index is 2.10. The van der Waals surface area contributed by atoms with Crippen molar-refractivity contribution in [2.45, 2.75) is 31.8 Å². The Morgan fingerprint density at radius 2 is 2.12 bits per heavy atom. The Morgan fingerprint density at radius 1 is 1.31 bits per heavy atom. The molecule has 5 nitrogen and oxygen atoms in total. The average molecular weight is 231 g/mol. The van der Waals surface area contributed by atoms with Crippen LogP contribution in [0.3, 0.4) is 0 Å². The maximum absolute atomic E-state index is 10.8. The van der Waals surface area contributed by atoms with Gasteiger partial charge >= 0.3 is 5.97 Å². The summed E-state index contributed by atoms with van der Waals surface area (Å²) in [6.07, 6.45) is 3.31. The van der Waals surface area contributed by atoms with Crippen LogP contribution in [0.4, 0.5) is 0 Å². The molecule has 3 N–H and O–H groups in total. The molecule has 0 radical (unpaired) electrons. The van der Waals surface area contributed by atoms with E-state index < -0.39 is 5.97 Å². The number of aliphatic carboxylic acids is 1. The Bertz CT molecular complexity index is 210. The lowest BCUT2D eigenvalue weighted by molar-refractivity contribution is -0.144. The van der Waals surface area contributed by atoms with E-state index in [9.17, 15) is 4.79 Å². The van der Waals surface area contributed by atoms with E-state index in [0.29, 0.717) is 19.6 Å². The molecule has 1 fully saturated rings. The standard InChI is InChI=1S/C11H21NO4/c13-4-2-1-3-5-16-10-6-9(11(14)15)7-12-8-10/h9-10,12-13H,1-8H2,(H,14,15). The summed E-state index contributed by atoms with van der Waals surface area (Å²) in [5.41, 5.74) is 0. The number of hydrogen-bond acceptors (Lipinski definition) is 4. The van der Waals surface area contributed by atoms with Crippen molar-refractivity contribution in [2.24, 2.45) is 5.92 Å². The number of unbranched alkanes of at least 4 members (excludes halogenated alkanes) is 2. The van der Waals surface area contributed by atoms with Crippen LogP contribution in [0.5, 0.6) is 0 Å². The van der Waals surface area contributed by atoms with Gasteiger partial charge < -0.3 is 20.3 Å². The predicted molar refractivity (Wildman–Crippen MR) is 59.3 cm³/mol. The van der Waals surface area contributed by atoms with Crippen molar-refractivity contribution in [3.05, 3.63) is 0 Å². The molecule has 2 unspecified atom stereocenters. The normalized spacial score (nSPS) is 25.6. The van der Waals surface area contributed by atoms with Crippen LogP contribution in [0.25, 0.3) is 0 Å². The van der Waals surface area contributed by atoms with E-state index in [2.05, 4.69) is 5.32 Å². The summed E-state index contributed by atoms with van der Waals surface area (Å²) < 4.78 is 5.60. The van der Waals surface area contributed by atoms with Gasteiger partial charge in [-0.2, -0.15) is 0 Å². The second-order valence-electron chi connectivity index (χ2n) is 4.21. The first-order chi connectivity index (χ1) is 7.74. The Labute approximate surface area is 95.8 Å². The highest BCUT2D eigenvalue weighted by Gasteiger charge is 2.26. The predicted octanol–water partition coefficient (Wildman–Crippen LogP) is 0.228. The van der Waals surface area contributed by atoms with E-state index in [0.717, 1.165) is 25.8 Å². The van der Waals surface area contributed by atoms with Crippen molar-refractivity contribution in [1.29, 1.82) is 0 Å². The van der Waals surface area contributed by atoms with Gasteiger partial charge in [0.1, 0.15) is 0 Å². The third kappa shape index (κ3) is 4.92. The molecular formula is C11H21NO4. The molecule has 0 amide bonds. The van der Waals surface area contributed by atoms with E-state index in [1.165, 1.54) is 0 Å². The third-order valence-electron chi connectivity index (χ3n) is 2.82. The fourth-order valence-electron chi connectivity index (χ4n) is 1.86. The van der Waals surface area contributed by atoms with Crippen LogP contribution in [-0.4, -0.2) is 48.6 Å². The monoisotopic (exact) mass is 231 g/mol. The molecule has 0 aromatic heterocycles. The van der Waals surface area contributed by atoms with Crippen molar-refractivity contribution >= 4 is 5.97 Å². The number of hydrogen-bond donors (Lipinski definition) is 3. The van der Waals surface area contributed by atoms with E-state index in [-0.39, 0.29) is 18.6 Å². The number of carboxylic acid groups (broad SMARTS) is 1. The first kappa shape index (κ1) is 13.4. The number of ether oxygens (including phenoxy) is 1. The summed E-state index contributed by atoms with van der Waals surface area (Å²) in [6, 6.07) is 0. The summed E-state index contributed by atoms with van der Waals surface area (Å²) in [5, 5.41) is 20.5. The number of aliphatic hydroxyl groups is 1. The largest absolute Gasteiger partial charge is 0.481 e. The molecule has 1 aliphatic heterocycles. The van der Waals surface area contributed by atoms with Gasteiger partial charge in [-0.15, -0.1) is 0 Å². The van der Waals surface area contributed by atoms with Gasteiger partial charge in [0, 0.05) is 26.3 Å². The molecule has 0 aromatic rings.